The number of ether oxygens (including phenoxy) is 2. The number of nitrogen functional groups attached to an aromatic ring is 1. The minimum atomic E-state index is -3.62. The topological polar surface area (TPSA) is 181 Å². The maximum atomic E-state index is 14.5. The van der Waals surface area contributed by atoms with E-state index in [1.54, 1.807) is 104 Å². The maximum absolute atomic E-state index is 14.5. The van der Waals surface area contributed by atoms with Gasteiger partial charge in [0, 0.05) is 42.5 Å². The number of aryl methyl sites for hydroxylation is 1. The zero-order chi connectivity index (χ0) is 42.0. The summed E-state index contributed by atoms with van der Waals surface area (Å²) in [5, 5.41) is 13.6. The van der Waals surface area contributed by atoms with Crippen LogP contribution >= 0.6 is 0 Å². The van der Waals surface area contributed by atoms with Crippen molar-refractivity contribution in [2.45, 2.75) is 101 Å². The van der Waals surface area contributed by atoms with Crippen LogP contribution in [0.15, 0.2) is 71.8 Å². The zero-order valence-corrected chi connectivity index (χ0v) is 34.4. The number of anilines is 3. The molecule has 0 spiro atoms. The molecule has 57 heavy (non-hydrogen) atoms. The Morgan fingerprint density at radius 3 is 2.18 bits per heavy atom. The van der Waals surface area contributed by atoms with Crippen LogP contribution in [-0.4, -0.2) is 78.3 Å². The molecule has 0 radical (unpaired) electrons. The van der Waals surface area contributed by atoms with E-state index in [4.69, 9.17) is 15.2 Å². The first-order valence-corrected chi connectivity index (χ1v) is 20.2. The van der Waals surface area contributed by atoms with Gasteiger partial charge in [-0.1, -0.05) is 18.2 Å². The van der Waals surface area contributed by atoms with Crippen molar-refractivity contribution in [2.75, 3.05) is 36.3 Å². The first-order chi connectivity index (χ1) is 26.6. The lowest BCUT2D eigenvalue weighted by molar-refractivity contribution is -0.131. The molecule has 1 aliphatic rings. The van der Waals surface area contributed by atoms with E-state index in [1.807, 2.05) is 0 Å². The highest BCUT2D eigenvalue weighted by Gasteiger charge is 2.39. The van der Waals surface area contributed by atoms with Crippen molar-refractivity contribution in [1.29, 1.82) is 0 Å². The molecule has 2 unspecified atom stereocenters. The number of benzene rings is 3. The molecular weight excluding hydrogens is 754 g/mol. The van der Waals surface area contributed by atoms with Gasteiger partial charge in [-0.2, -0.15) is 4.90 Å². The SMILES string of the molecule is Cc1cc(C(Nc2ccc3c(N(C(=O)OC(C)(C)C)C(=O)OC(C)(C)C)nccc3c2)C(=O)N(C)Cc2cc(N)ccc2S(=O)(=O)C2CC2)ccc1C(CO)CF. The number of hydrogen-bond acceptors (Lipinski definition) is 11. The number of amides is 3. The number of aliphatic hydroxyl groups excluding tert-OH is 1. The highest BCUT2D eigenvalue weighted by molar-refractivity contribution is 7.92. The summed E-state index contributed by atoms with van der Waals surface area (Å²) in [6.07, 6.45) is 0.631. The molecule has 306 valence electrons. The lowest BCUT2D eigenvalue weighted by Crippen LogP contribution is -2.44. The van der Waals surface area contributed by atoms with Crippen molar-refractivity contribution >= 4 is 55.9 Å². The summed E-state index contributed by atoms with van der Waals surface area (Å²) < 4.78 is 51.7. The van der Waals surface area contributed by atoms with Crippen molar-refractivity contribution in [3.63, 3.8) is 0 Å². The largest absolute Gasteiger partial charge is 0.443 e. The summed E-state index contributed by atoms with van der Waals surface area (Å²) in [4.78, 5) is 48.1. The van der Waals surface area contributed by atoms with Gasteiger partial charge in [0.25, 0.3) is 0 Å². The molecule has 2 atom stereocenters. The van der Waals surface area contributed by atoms with E-state index in [1.165, 1.54) is 23.2 Å². The molecule has 1 fully saturated rings. The molecule has 1 saturated carbocycles. The Hall–Kier alpha value is -5.28. The molecule has 3 amide bonds. The van der Waals surface area contributed by atoms with Gasteiger partial charge in [0.1, 0.15) is 17.2 Å². The van der Waals surface area contributed by atoms with Gasteiger partial charge in [0.15, 0.2) is 15.7 Å². The van der Waals surface area contributed by atoms with Gasteiger partial charge in [0.05, 0.1) is 23.4 Å². The average Bonchev–Trinajstić information content (AvgIpc) is 3.97. The van der Waals surface area contributed by atoms with E-state index >= 15 is 0 Å². The molecular formula is C42H52FN5O8S. The van der Waals surface area contributed by atoms with Crippen molar-refractivity contribution in [2.24, 2.45) is 0 Å². The number of nitrogens with zero attached hydrogens (tertiary/aromatic N) is 3. The number of nitrogens with two attached hydrogens (primary N) is 1. The fraction of sp³-hybridized carbons (Fsp3) is 0.429. The molecule has 3 aromatic carbocycles. The van der Waals surface area contributed by atoms with Gasteiger partial charge in [-0.05, 0) is 131 Å². The van der Waals surface area contributed by atoms with Gasteiger partial charge in [-0.15, -0.1) is 0 Å². The molecule has 4 aromatic rings. The second kappa shape index (κ2) is 16.7. The molecule has 4 N–H and O–H groups in total. The fourth-order valence-corrected chi connectivity index (χ4v) is 8.29. The van der Waals surface area contributed by atoms with Crippen molar-refractivity contribution in [1.82, 2.24) is 9.88 Å². The molecule has 1 aliphatic carbocycles. The number of aliphatic hydroxyl groups is 1. The molecule has 0 bridgehead atoms. The van der Waals surface area contributed by atoms with Crippen LogP contribution in [0, 0.1) is 6.92 Å². The quantitative estimate of drug-likeness (QED) is 0.120. The Morgan fingerprint density at radius 2 is 1.61 bits per heavy atom. The highest BCUT2D eigenvalue weighted by Crippen LogP contribution is 2.37. The fourth-order valence-electron chi connectivity index (χ4n) is 6.43. The number of pyridine rings is 1. The number of likely N-dealkylation sites (N-methyl/N-ethyl adjacent to an activating group) is 1. The van der Waals surface area contributed by atoms with Crippen LogP contribution in [0.1, 0.15) is 88.6 Å². The number of alkyl halides is 1. The molecule has 5 rings (SSSR count). The van der Waals surface area contributed by atoms with E-state index in [-0.39, 0.29) is 23.9 Å². The number of imide groups is 1. The second-order valence-electron chi connectivity index (χ2n) is 16.4. The monoisotopic (exact) mass is 805 g/mol. The van der Waals surface area contributed by atoms with Crippen LogP contribution in [0.2, 0.25) is 0 Å². The summed E-state index contributed by atoms with van der Waals surface area (Å²) >= 11 is 0. The average molecular weight is 806 g/mol. The van der Waals surface area contributed by atoms with Crippen LogP contribution in [0.5, 0.6) is 0 Å². The Balaban J connectivity index is 1.55. The third-order valence-corrected chi connectivity index (χ3v) is 11.6. The predicted octanol–water partition coefficient (Wildman–Crippen LogP) is 7.60. The number of carbonyl (C=O) groups excluding carboxylic acids is 3. The second-order valence-corrected chi connectivity index (χ2v) is 18.6. The molecule has 0 saturated heterocycles. The van der Waals surface area contributed by atoms with Crippen molar-refractivity contribution in [3.05, 3.63) is 89.1 Å². The van der Waals surface area contributed by atoms with E-state index in [9.17, 15) is 32.3 Å². The van der Waals surface area contributed by atoms with Gasteiger partial charge in [0.2, 0.25) is 5.91 Å². The minimum Gasteiger partial charge on any atom is -0.443 e. The number of halogens is 1. The standard InChI is InChI=1S/C42H52FN5O8S/c1-25-19-27(9-14-33(25)29(22-43)24-49)36(38(50)47(8)23-28-20-30(44)10-16-35(28)57(53,54)32-12-13-32)46-31-11-15-34-26(21-31)17-18-45-37(34)48(39(51)55-41(2,3)4)40(52)56-42(5,6)7/h9-11,14-21,29,32,36,46,49H,12-13,22-24,44H2,1-8H3. The number of hydrogen-bond donors (Lipinski definition) is 3. The molecule has 1 aromatic heterocycles. The maximum Gasteiger partial charge on any atom is 0.425 e. The van der Waals surface area contributed by atoms with Gasteiger partial charge in [-0.25, -0.2) is 23.0 Å². The Bertz CT molecular complexity index is 2230. The smallest absolute Gasteiger partial charge is 0.425 e. The number of rotatable bonds is 12. The van der Waals surface area contributed by atoms with Crippen LogP contribution in [0.3, 0.4) is 0 Å². The van der Waals surface area contributed by atoms with Gasteiger partial charge in [-0.3, -0.25) is 9.18 Å². The van der Waals surface area contributed by atoms with Crippen molar-refractivity contribution < 1.29 is 41.8 Å². The van der Waals surface area contributed by atoms with Crippen LogP contribution < -0.4 is 16.0 Å². The van der Waals surface area contributed by atoms with Crippen LogP contribution in [0.25, 0.3) is 10.8 Å². The third kappa shape index (κ3) is 10.2. The molecule has 15 heteroatoms. The Labute approximate surface area is 333 Å². The van der Waals surface area contributed by atoms with Gasteiger partial charge >= 0.3 is 12.2 Å². The number of sulfone groups is 1. The highest BCUT2D eigenvalue weighted by atomic mass is 32.2. The Morgan fingerprint density at radius 1 is 0.965 bits per heavy atom. The summed E-state index contributed by atoms with van der Waals surface area (Å²) in [7, 11) is -2.05. The van der Waals surface area contributed by atoms with Crippen LogP contribution in [-0.2, 0) is 30.7 Å². The summed E-state index contributed by atoms with van der Waals surface area (Å²) in [6, 6.07) is 15.4. The first kappa shape index (κ1) is 42.9. The first-order valence-electron chi connectivity index (χ1n) is 18.7. The Kier molecular flexibility index (Phi) is 12.5. The van der Waals surface area contributed by atoms with E-state index in [0.717, 1.165) is 4.90 Å². The molecule has 13 nitrogen and oxygen atoms in total. The lowest BCUT2D eigenvalue weighted by atomic mass is 9.92. The van der Waals surface area contributed by atoms with E-state index < -0.39 is 63.0 Å². The molecule has 1 heterocycles. The van der Waals surface area contributed by atoms with E-state index in [2.05, 4.69) is 10.3 Å². The summed E-state index contributed by atoms with van der Waals surface area (Å²) in [5.74, 6) is -1.17. The van der Waals surface area contributed by atoms with Crippen LogP contribution in [0.4, 0.5) is 31.2 Å². The number of nitrogens with one attached hydrogen (secondary N) is 1. The number of fused-ring (bicyclic) bond motifs is 1. The molecule has 0 aliphatic heterocycles. The van der Waals surface area contributed by atoms with E-state index in [0.29, 0.717) is 57.2 Å². The third-order valence-electron chi connectivity index (χ3n) is 9.28. The zero-order valence-electron chi connectivity index (χ0n) is 33.6. The van der Waals surface area contributed by atoms with Crippen molar-refractivity contribution in [3.8, 4) is 0 Å². The van der Waals surface area contributed by atoms with Gasteiger partial charge < -0.3 is 30.5 Å². The number of carbonyl (C=O) groups is 3. The predicted molar refractivity (Wildman–Crippen MR) is 218 cm³/mol. The normalized spacial score (nSPS) is 14.4. The summed E-state index contributed by atoms with van der Waals surface area (Å²) in [6.45, 7) is 10.6. The summed E-state index contributed by atoms with van der Waals surface area (Å²) in [5.41, 5.74) is 7.24. The number of aromatic nitrogens is 1. The minimum absolute atomic E-state index is 0.0217. The lowest BCUT2D eigenvalue weighted by Gasteiger charge is -2.29.